The number of hydrogen-bond acceptors (Lipinski definition) is 4. The van der Waals surface area contributed by atoms with Crippen LogP contribution in [0.15, 0.2) is 77.4 Å². The van der Waals surface area contributed by atoms with Crippen LogP contribution >= 0.6 is 0 Å². The lowest BCUT2D eigenvalue weighted by molar-refractivity contribution is -0.139. The van der Waals surface area contributed by atoms with Gasteiger partial charge in [0, 0.05) is 5.56 Å². The second-order valence-electron chi connectivity index (χ2n) is 5.61. The maximum Gasteiger partial charge on any atom is 0.327 e. The van der Waals surface area contributed by atoms with Gasteiger partial charge in [-0.2, -0.15) is 0 Å². The first-order valence-electron chi connectivity index (χ1n) is 8.20. The van der Waals surface area contributed by atoms with E-state index in [2.05, 4.69) is 16.2 Å². The van der Waals surface area contributed by atoms with Crippen molar-refractivity contribution in [2.45, 2.75) is 6.54 Å². The Kier molecular flexibility index (Phi) is 5.64. The van der Waals surface area contributed by atoms with Gasteiger partial charge in [-0.25, -0.2) is 0 Å². The Labute approximate surface area is 155 Å². The fraction of sp³-hybridized carbons (Fsp3) is 0.0500. The molecule has 0 bridgehead atoms. The number of rotatable bonds is 4. The largest absolute Gasteiger partial charge is 0.467 e. The minimum absolute atomic E-state index is 0.0775. The standard InChI is InChI=1S/C20H17N3O4/c24-18(16-10-8-15(9-11-16)14-5-2-1-3-6-14)22-23-20(26)19(25)21-13-17-7-4-12-27-17/h1-12H,13H2,(H,21,25)(H,22,24)(H,23,26). The fourth-order valence-electron chi connectivity index (χ4n) is 2.35. The van der Waals surface area contributed by atoms with Gasteiger partial charge in [0.05, 0.1) is 12.8 Å². The predicted octanol–water partition coefficient (Wildman–Crippen LogP) is 2.02. The van der Waals surface area contributed by atoms with Crippen LogP contribution in [0.5, 0.6) is 0 Å². The first-order valence-corrected chi connectivity index (χ1v) is 8.20. The molecule has 27 heavy (non-hydrogen) atoms. The zero-order chi connectivity index (χ0) is 19.1. The number of carbonyl (C=O) groups is 3. The van der Waals surface area contributed by atoms with Crippen LogP contribution in [0.3, 0.4) is 0 Å². The molecule has 0 saturated carbocycles. The van der Waals surface area contributed by atoms with Gasteiger partial charge in [-0.05, 0) is 35.4 Å². The average Bonchev–Trinajstić information content (AvgIpc) is 3.24. The second-order valence-corrected chi connectivity index (χ2v) is 5.61. The molecular formula is C20H17N3O4. The number of amides is 3. The van der Waals surface area contributed by atoms with Gasteiger partial charge in [0.25, 0.3) is 5.91 Å². The zero-order valence-electron chi connectivity index (χ0n) is 14.3. The van der Waals surface area contributed by atoms with Gasteiger partial charge < -0.3 is 9.73 Å². The Balaban J connectivity index is 1.49. The van der Waals surface area contributed by atoms with E-state index in [0.29, 0.717) is 11.3 Å². The maximum atomic E-state index is 12.1. The molecule has 3 N–H and O–H groups in total. The van der Waals surface area contributed by atoms with Crippen LogP contribution < -0.4 is 16.2 Å². The topological polar surface area (TPSA) is 100 Å². The summed E-state index contributed by atoms with van der Waals surface area (Å²) in [4.78, 5) is 35.5. The third kappa shape index (κ3) is 4.82. The minimum Gasteiger partial charge on any atom is -0.467 e. The highest BCUT2D eigenvalue weighted by molar-refractivity contribution is 6.35. The van der Waals surface area contributed by atoms with Crippen LogP contribution in [0.25, 0.3) is 11.1 Å². The molecule has 0 aliphatic rings. The first kappa shape index (κ1) is 17.9. The molecule has 1 heterocycles. The molecule has 7 nitrogen and oxygen atoms in total. The van der Waals surface area contributed by atoms with Crippen molar-refractivity contribution in [1.82, 2.24) is 16.2 Å². The molecule has 136 valence electrons. The van der Waals surface area contributed by atoms with E-state index in [4.69, 9.17) is 4.42 Å². The van der Waals surface area contributed by atoms with Crippen LogP contribution in [0.2, 0.25) is 0 Å². The Hall–Kier alpha value is -3.87. The summed E-state index contributed by atoms with van der Waals surface area (Å²) in [6.45, 7) is 0.0775. The van der Waals surface area contributed by atoms with Gasteiger partial charge >= 0.3 is 11.8 Å². The van der Waals surface area contributed by atoms with E-state index >= 15 is 0 Å². The lowest BCUT2D eigenvalue weighted by Crippen LogP contribution is -2.48. The fourth-order valence-corrected chi connectivity index (χ4v) is 2.35. The summed E-state index contributed by atoms with van der Waals surface area (Å²) < 4.78 is 5.05. The SMILES string of the molecule is O=C(NCc1ccco1)C(=O)NNC(=O)c1ccc(-c2ccccc2)cc1. The molecule has 1 aromatic heterocycles. The van der Waals surface area contributed by atoms with Crippen molar-refractivity contribution in [1.29, 1.82) is 0 Å². The van der Waals surface area contributed by atoms with E-state index in [1.54, 1.807) is 24.3 Å². The molecule has 0 saturated heterocycles. The number of benzene rings is 2. The number of hydrogen-bond donors (Lipinski definition) is 3. The van der Waals surface area contributed by atoms with Crippen LogP contribution in [-0.4, -0.2) is 17.7 Å². The van der Waals surface area contributed by atoms with Crippen LogP contribution in [-0.2, 0) is 16.1 Å². The van der Waals surface area contributed by atoms with E-state index < -0.39 is 17.7 Å². The molecule has 0 aliphatic heterocycles. The summed E-state index contributed by atoms with van der Waals surface area (Å²) in [5, 5.41) is 2.38. The van der Waals surface area contributed by atoms with E-state index in [9.17, 15) is 14.4 Å². The molecule has 0 fully saturated rings. The van der Waals surface area contributed by atoms with E-state index in [1.807, 2.05) is 42.5 Å². The molecular weight excluding hydrogens is 346 g/mol. The molecule has 3 rings (SSSR count). The number of hydrazine groups is 1. The Morgan fingerprint density at radius 2 is 1.44 bits per heavy atom. The van der Waals surface area contributed by atoms with Gasteiger partial charge in [-0.15, -0.1) is 0 Å². The second kappa shape index (κ2) is 8.48. The van der Waals surface area contributed by atoms with Crippen molar-refractivity contribution < 1.29 is 18.8 Å². The summed E-state index contributed by atoms with van der Waals surface area (Å²) in [6.07, 6.45) is 1.46. The van der Waals surface area contributed by atoms with Crippen molar-refractivity contribution >= 4 is 17.7 Å². The van der Waals surface area contributed by atoms with E-state index in [-0.39, 0.29) is 6.54 Å². The molecule has 3 amide bonds. The van der Waals surface area contributed by atoms with Crippen molar-refractivity contribution in [3.05, 3.63) is 84.3 Å². The molecule has 0 spiro atoms. The third-order valence-corrected chi connectivity index (χ3v) is 3.75. The minimum atomic E-state index is -0.976. The molecule has 0 atom stereocenters. The van der Waals surface area contributed by atoms with Gasteiger partial charge in [0.2, 0.25) is 0 Å². The average molecular weight is 363 g/mol. The number of furan rings is 1. The summed E-state index contributed by atoms with van der Waals surface area (Å²) in [6, 6.07) is 20.0. The van der Waals surface area contributed by atoms with Crippen molar-refractivity contribution in [3.63, 3.8) is 0 Å². The van der Waals surface area contributed by atoms with Crippen molar-refractivity contribution in [2.24, 2.45) is 0 Å². The predicted molar refractivity (Wildman–Crippen MR) is 98.0 cm³/mol. The van der Waals surface area contributed by atoms with Crippen molar-refractivity contribution in [3.8, 4) is 11.1 Å². The summed E-state index contributed by atoms with van der Waals surface area (Å²) >= 11 is 0. The van der Waals surface area contributed by atoms with E-state index in [0.717, 1.165) is 11.1 Å². The highest BCUT2D eigenvalue weighted by Gasteiger charge is 2.15. The summed E-state index contributed by atoms with van der Waals surface area (Å²) in [5.41, 5.74) is 6.64. The molecule has 0 radical (unpaired) electrons. The lowest BCUT2D eigenvalue weighted by Gasteiger charge is -2.08. The van der Waals surface area contributed by atoms with Crippen LogP contribution in [0, 0.1) is 0 Å². The first-order chi connectivity index (χ1) is 13.1. The van der Waals surface area contributed by atoms with Gasteiger partial charge in [0.15, 0.2) is 0 Å². The van der Waals surface area contributed by atoms with Crippen molar-refractivity contribution in [2.75, 3.05) is 0 Å². The Morgan fingerprint density at radius 3 is 2.11 bits per heavy atom. The Bertz CT molecular complexity index is 920. The lowest BCUT2D eigenvalue weighted by atomic mass is 10.0. The van der Waals surface area contributed by atoms with Crippen LogP contribution in [0.4, 0.5) is 0 Å². The molecule has 0 unspecified atom stereocenters. The Morgan fingerprint density at radius 1 is 0.741 bits per heavy atom. The number of nitrogens with one attached hydrogen (secondary N) is 3. The van der Waals surface area contributed by atoms with Crippen LogP contribution in [0.1, 0.15) is 16.1 Å². The maximum absolute atomic E-state index is 12.1. The molecule has 2 aromatic carbocycles. The van der Waals surface area contributed by atoms with Gasteiger partial charge in [-0.1, -0.05) is 42.5 Å². The molecule has 3 aromatic rings. The van der Waals surface area contributed by atoms with E-state index in [1.165, 1.54) is 6.26 Å². The highest BCUT2D eigenvalue weighted by atomic mass is 16.3. The quantitative estimate of drug-likeness (QED) is 0.488. The summed E-state index contributed by atoms with van der Waals surface area (Å²) in [7, 11) is 0. The number of carbonyl (C=O) groups excluding carboxylic acids is 3. The van der Waals surface area contributed by atoms with Gasteiger partial charge in [0.1, 0.15) is 5.76 Å². The highest BCUT2D eigenvalue weighted by Crippen LogP contribution is 2.19. The monoisotopic (exact) mass is 363 g/mol. The molecule has 7 heteroatoms. The third-order valence-electron chi connectivity index (χ3n) is 3.75. The van der Waals surface area contributed by atoms with Gasteiger partial charge in [-0.3, -0.25) is 25.2 Å². The molecule has 0 aliphatic carbocycles. The smallest absolute Gasteiger partial charge is 0.327 e. The summed E-state index contributed by atoms with van der Waals surface area (Å²) in [5.74, 6) is -1.87. The zero-order valence-corrected chi connectivity index (χ0v) is 14.3. The normalized spacial score (nSPS) is 10.1.